The van der Waals surface area contributed by atoms with Gasteiger partial charge in [0.1, 0.15) is 6.07 Å². The predicted octanol–water partition coefficient (Wildman–Crippen LogP) is 3.45. The summed E-state index contributed by atoms with van der Waals surface area (Å²) in [6, 6.07) is 16.7. The van der Waals surface area contributed by atoms with Crippen LogP contribution >= 0.6 is 0 Å². The summed E-state index contributed by atoms with van der Waals surface area (Å²) < 4.78 is 0. The fourth-order valence-electron chi connectivity index (χ4n) is 3.13. The second kappa shape index (κ2) is 5.59. The molecule has 3 nitrogen and oxygen atoms in total. The lowest BCUT2D eigenvalue weighted by Crippen LogP contribution is -2.18. The number of rotatable bonds is 3. The number of fused-ring (bicyclic) bond motifs is 1. The largest absolute Gasteiger partial charge is 0.340 e. The smallest absolute Gasteiger partial charge is 0.101 e. The lowest BCUT2D eigenvalue weighted by molar-refractivity contribution is 0.668. The Labute approximate surface area is 125 Å². The third-order valence-corrected chi connectivity index (χ3v) is 4.15. The minimum absolute atomic E-state index is 0.443. The molecule has 0 bridgehead atoms. The monoisotopic (exact) mass is 277 g/mol. The third-order valence-electron chi connectivity index (χ3n) is 4.15. The Morgan fingerprint density at radius 3 is 2.81 bits per heavy atom. The minimum Gasteiger partial charge on any atom is -0.340 e. The fourth-order valence-corrected chi connectivity index (χ4v) is 3.13. The lowest BCUT2D eigenvalue weighted by Gasteiger charge is -2.22. The summed E-state index contributed by atoms with van der Waals surface area (Å²) in [5.74, 6) is 0.443. The molecule has 1 heterocycles. The van der Waals surface area contributed by atoms with Gasteiger partial charge in [0.05, 0.1) is 11.3 Å². The lowest BCUT2D eigenvalue weighted by atomic mass is 9.98. The number of hydrogen-bond donors (Lipinski definition) is 1. The first-order valence-corrected chi connectivity index (χ1v) is 7.32. The molecule has 0 aromatic heterocycles. The van der Waals surface area contributed by atoms with Crippen molar-refractivity contribution in [2.45, 2.75) is 19.3 Å². The quantitative estimate of drug-likeness (QED) is 0.935. The molecular weight excluding hydrogens is 258 g/mol. The van der Waals surface area contributed by atoms with Crippen molar-refractivity contribution >= 4 is 11.4 Å². The van der Waals surface area contributed by atoms with E-state index in [9.17, 15) is 5.26 Å². The van der Waals surface area contributed by atoms with Gasteiger partial charge >= 0.3 is 0 Å². The van der Waals surface area contributed by atoms with Crippen LogP contribution in [0, 0.1) is 18.3 Å². The van der Waals surface area contributed by atoms with Crippen molar-refractivity contribution in [3.05, 3.63) is 59.2 Å². The van der Waals surface area contributed by atoms with Crippen LogP contribution in [-0.4, -0.2) is 13.1 Å². The van der Waals surface area contributed by atoms with Crippen molar-refractivity contribution in [2.24, 2.45) is 5.73 Å². The molecule has 1 atom stereocenters. The van der Waals surface area contributed by atoms with Crippen LogP contribution in [0.5, 0.6) is 0 Å². The van der Waals surface area contributed by atoms with Crippen LogP contribution in [0.3, 0.4) is 0 Å². The molecule has 2 N–H and O–H groups in total. The van der Waals surface area contributed by atoms with Crippen molar-refractivity contribution in [2.75, 3.05) is 18.0 Å². The Bertz CT molecular complexity index is 700. The van der Waals surface area contributed by atoms with Crippen molar-refractivity contribution in [3.63, 3.8) is 0 Å². The zero-order chi connectivity index (χ0) is 14.8. The highest BCUT2D eigenvalue weighted by Crippen LogP contribution is 2.43. The second-order valence-corrected chi connectivity index (χ2v) is 5.58. The van der Waals surface area contributed by atoms with Crippen molar-refractivity contribution in [3.8, 4) is 6.07 Å². The van der Waals surface area contributed by atoms with E-state index in [1.165, 1.54) is 16.8 Å². The normalized spacial score (nSPS) is 16.6. The van der Waals surface area contributed by atoms with Crippen LogP contribution in [0.4, 0.5) is 11.4 Å². The maximum absolute atomic E-state index is 9.39. The SMILES string of the molecule is Cc1ccc(C#N)c(N2CC(CCN)c3ccccc32)c1. The molecule has 1 aliphatic heterocycles. The summed E-state index contributed by atoms with van der Waals surface area (Å²) in [7, 11) is 0. The van der Waals surface area contributed by atoms with E-state index >= 15 is 0 Å². The van der Waals surface area contributed by atoms with E-state index in [2.05, 4.69) is 48.2 Å². The van der Waals surface area contributed by atoms with Crippen molar-refractivity contribution < 1.29 is 0 Å². The zero-order valence-electron chi connectivity index (χ0n) is 12.2. The molecule has 2 aromatic rings. The van der Waals surface area contributed by atoms with Gasteiger partial charge in [-0.2, -0.15) is 5.26 Å². The average Bonchev–Trinajstić information content (AvgIpc) is 2.87. The maximum Gasteiger partial charge on any atom is 0.101 e. The molecule has 0 spiro atoms. The Morgan fingerprint density at radius 1 is 1.24 bits per heavy atom. The van der Waals surface area contributed by atoms with Crippen LogP contribution < -0.4 is 10.6 Å². The molecule has 3 heteroatoms. The van der Waals surface area contributed by atoms with E-state index in [0.29, 0.717) is 12.5 Å². The molecule has 2 aromatic carbocycles. The Morgan fingerprint density at radius 2 is 2.05 bits per heavy atom. The highest BCUT2D eigenvalue weighted by molar-refractivity contribution is 5.75. The third kappa shape index (κ3) is 2.39. The first kappa shape index (κ1) is 13.7. The molecule has 1 unspecified atom stereocenters. The van der Waals surface area contributed by atoms with Crippen LogP contribution in [0.2, 0.25) is 0 Å². The van der Waals surface area contributed by atoms with Crippen molar-refractivity contribution in [1.82, 2.24) is 0 Å². The van der Waals surface area contributed by atoms with Gasteiger partial charge in [0.2, 0.25) is 0 Å². The minimum atomic E-state index is 0.443. The zero-order valence-corrected chi connectivity index (χ0v) is 12.2. The van der Waals surface area contributed by atoms with Gasteiger partial charge in [-0.1, -0.05) is 24.3 Å². The van der Waals surface area contributed by atoms with E-state index in [1.54, 1.807) is 0 Å². The molecule has 0 radical (unpaired) electrons. The molecule has 106 valence electrons. The van der Waals surface area contributed by atoms with E-state index < -0.39 is 0 Å². The first-order valence-electron chi connectivity index (χ1n) is 7.32. The molecule has 3 rings (SSSR count). The van der Waals surface area contributed by atoms with Crippen molar-refractivity contribution in [1.29, 1.82) is 5.26 Å². The van der Waals surface area contributed by atoms with Crippen LogP contribution in [0.25, 0.3) is 0 Å². The molecule has 0 aliphatic carbocycles. The Hall–Kier alpha value is -2.31. The highest BCUT2D eigenvalue weighted by Gasteiger charge is 2.29. The summed E-state index contributed by atoms with van der Waals surface area (Å²) in [4.78, 5) is 2.27. The number of para-hydroxylation sites is 1. The fraction of sp³-hybridized carbons (Fsp3) is 0.278. The molecule has 0 saturated carbocycles. The Kier molecular flexibility index (Phi) is 3.64. The van der Waals surface area contributed by atoms with Gasteiger partial charge in [-0.05, 0) is 49.2 Å². The van der Waals surface area contributed by atoms with E-state index in [4.69, 9.17) is 5.73 Å². The number of hydrogen-bond acceptors (Lipinski definition) is 3. The van der Waals surface area contributed by atoms with Gasteiger partial charge in [-0.15, -0.1) is 0 Å². The topological polar surface area (TPSA) is 53.0 Å². The van der Waals surface area contributed by atoms with Crippen LogP contribution in [-0.2, 0) is 0 Å². The molecule has 0 fully saturated rings. The van der Waals surface area contributed by atoms with Gasteiger partial charge in [0.25, 0.3) is 0 Å². The highest BCUT2D eigenvalue weighted by atomic mass is 15.2. The summed E-state index contributed by atoms with van der Waals surface area (Å²) in [6.45, 7) is 3.64. The summed E-state index contributed by atoms with van der Waals surface area (Å²) in [5, 5.41) is 9.39. The molecule has 21 heavy (non-hydrogen) atoms. The number of nitrogens with zero attached hydrogens (tertiary/aromatic N) is 2. The molecular formula is C18H19N3. The molecule has 0 saturated heterocycles. The summed E-state index contributed by atoms with van der Waals surface area (Å²) in [6.07, 6.45) is 0.973. The Balaban J connectivity index is 2.09. The molecule has 1 aliphatic rings. The average molecular weight is 277 g/mol. The van der Waals surface area contributed by atoms with Gasteiger partial charge < -0.3 is 10.6 Å². The predicted molar refractivity (Wildman–Crippen MR) is 85.8 cm³/mol. The van der Waals surface area contributed by atoms with Gasteiger partial charge in [-0.25, -0.2) is 0 Å². The first-order chi connectivity index (χ1) is 10.2. The van der Waals surface area contributed by atoms with E-state index in [0.717, 1.165) is 24.2 Å². The summed E-state index contributed by atoms with van der Waals surface area (Å²) in [5.41, 5.74) is 11.2. The van der Waals surface area contributed by atoms with Gasteiger partial charge in [0, 0.05) is 18.2 Å². The molecule has 0 amide bonds. The van der Waals surface area contributed by atoms with Gasteiger partial charge in [-0.3, -0.25) is 0 Å². The maximum atomic E-state index is 9.39. The number of aryl methyl sites for hydroxylation is 1. The number of anilines is 2. The van der Waals surface area contributed by atoms with Crippen LogP contribution in [0.1, 0.15) is 29.0 Å². The van der Waals surface area contributed by atoms with Gasteiger partial charge in [0.15, 0.2) is 0 Å². The standard InChI is InChI=1S/C18H19N3/c1-13-6-7-14(11-20)18(10-13)21-12-15(8-9-19)16-4-2-3-5-17(16)21/h2-7,10,15H,8-9,12,19H2,1H3. The summed E-state index contributed by atoms with van der Waals surface area (Å²) >= 11 is 0. The number of benzene rings is 2. The second-order valence-electron chi connectivity index (χ2n) is 5.58. The number of nitriles is 1. The van der Waals surface area contributed by atoms with E-state index in [-0.39, 0.29) is 0 Å². The van der Waals surface area contributed by atoms with Crippen LogP contribution in [0.15, 0.2) is 42.5 Å². The van der Waals surface area contributed by atoms with E-state index in [1.807, 2.05) is 12.1 Å². The number of nitrogens with two attached hydrogens (primary N) is 1.